The van der Waals surface area contributed by atoms with Crippen LogP contribution in [0.1, 0.15) is 52.9 Å². The number of rotatable bonds is 7. The van der Waals surface area contributed by atoms with Crippen molar-refractivity contribution in [2.75, 3.05) is 20.3 Å². The maximum absolute atomic E-state index is 11.9. The summed E-state index contributed by atoms with van der Waals surface area (Å²) < 4.78 is 10.5. The molecule has 0 aromatic rings. The number of hydrogen-bond donors (Lipinski definition) is 3. The summed E-state index contributed by atoms with van der Waals surface area (Å²) in [7, 11) is 1.67. The predicted octanol–water partition coefficient (Wildman–Crippen LogP) is 1.81. The van der Waals surface area contributed by atoms with Crippen molar-refractivity contribution in [3.05, 3.63) is 0 Å². The van der Waals surface area contributed by atoms with Crippen LogP contribution >= 0.6 is 0 Å². The molecule has 22 heavy (non-hydrogen) atoms. The highest BCUT2D eigenvalue weighted by atomic mass is 16.6. The first kappa shape index (κ1) is 19.2. The van der Waals surface area contributed by atoms with E-state index in [0.29, 0.717) is 19.1 Å². The molecule has 6 heteroatoms. The number of aliphatic hydroxyl groups excluding tert-OH is 1. The van der Waals surface area contributed by atoms with Crippen LogP contribution in [0.2, 0.25) is 0 Å². The smallest absolute Gasteiger partial charge is 0.407 e. The van der Waals surface area contributed by atoms with Gasteiger partial charge in [-0.3, -0.25) is 0 Å². The third-order valence-corrected chi connectivity index (χ3v) is 3.71. The van der Waals surface area contributed by atoms with Crippen molar-refractivity contribution < 1.29 is 19.4 Å². The van der Waals surface area contributed by atoms with Crippen molar-refractivity contribution in [2.24, 2.45) is 0 Å². The van der Waals surface area contributed by atoms with Gasteiger partial charge in [0.2, 0.25) is 0 Å². The third kappa shape index (κ3) is 7.96. The fourth-order valence-corrected chi connectivity index (χ4v) is 2.85. The molecule has 0 aromatic carbocycles. The molecule has 3 atom stereocenters. The van der Waals surface area contributed by atoms with Crippen LogP contribution in [-0.4, -0.2) is 55.2 Å². The quantitative estimate of drug-likeness (QED) is 0.667. The van der Waals surface area contributed by atoms with Gasteiger partial charge in [0.15, 0.2) is 0 Å². The molecule has 3 N–H and O–H groups in total. The standard InChI is InChI=1S/C16H32N2O4/c1-16(2,3)22-15(20)18-13-7-5-6-12(10-13)17-14(8-9-19)11-21-4/h12-14,17,19H,5-11H2,1-4H3,(H,18,20). The maximum Gasteiger partial charge on any atom is 0.407 e. The minimum Gasteiger partial charge on any atom is -0.444 e. The van der Waals surface area contributed by atoms with E-state index in [-0.39, 0.29) is 24.8 Å². The molecule has 1 saturated carbocycles. The van der Waals surface area contributed by atoms with Crippen molar-refractivity contribution in [1.82, 2.24) is 10.6 Å². The molecular weight excluding hydrogens is 284 g/mol. The lowest BCUT2D eigenvalue weighted by molar-refractivity contribution is 0.0486. The summed E-state index contributed by atoms with van der Waals surface area (Å²) >= 11 is 0. The summed E-state index contributed by atoms with van der Waals surface area (Å²) in [5.41, 5.74) is -0.471. The van der Waals surface area contributed by atoms with Crippen LogP contribution in [0.4, 0.5) is 4.79 Å². The van der Waals surface area contributed by atoms with E-state index in [1.807, 2.05) is 20.8 Å². The number of hydrogen-bond acceptors (Lipinski definition) is 5. The number of carbonyl (C=O) groups excluding carboxylic acids is 1. The minimum absolute atomic E-state index is 0.137. The number of methoxy groups -OCH3 is 1. The Morgan fingerprint density at radius 1 is 1.32 bits per heavy atom. The zero-order valence-corrected chi connectivity index (χ0v) is 14.4. The van der Waals surface area contributed by atoms with E-state index in [0.717, 1.165) is 25.7 Å². The van der Waals surface area contributed by atoms with E-state index < -0.39 is 5.60 Å². The van der Waals surface area contributed by atoms with Gasteiger partial charge in [0.25, 0.3) is 0 Å². The Kier molecular flexibility index (Phi) is 8.14. The average Bonchev–Trinajstić information content (AvgIpc) is 2.37. The Morgan fingerprint density at radius 3 is 2.59 bits per heavy atom. The van der Waals surface area contributed by atoms with Crippen LogP contribution in [0, 0.1) is 0 Å². The van der Waals surface area contributed by atoms with E-state index in [1.54, 1.807) is 7.11 Å². The number of ether oxygens (including phenoxy) is 2. The van der Waals surface area contributed by atoms with Crippen molar-refractivity contribution in [1.29, 1.82) is 0 Å². The molecule has 3 unspecified atom stereocenters. The second-order valence-electron chi connectivity index (χ2n) is 7.04. The van der Waals surface area contributed by atoms with Gasteiger partial charge in [0, 0.05) is 31.8 Å². The fourth-order valence-electron chi connectivity index (χ4n) is 2.85. The molecule has 1 rings (SSSR count). The number of aliphatic hydroxyl groups is 1. The fraction of sp³-hybridized carbons (Fsp3) is 0.938. The van der Waals surface area contributed by atoms with Gasteiger partial charge in [0.05, 0.1) is 6.61 Å². The summed E-state index contributed by atoms with van der Waals surface area (Å²) in [4.78, 5) is 11.9. The van der Waals surface area contributed by atoms with E-state index in [1.165, 1.54) is 0 Å². The average molecular weight is 316 g/mol. The number of nitrogens with one attached hydrogen (secondary N) is 2. The Morgan fingerprint density at radius 2 is 2.00 bits per heavy atom. The Bertz CT molecular complexity index is 325. The highest BCUT2D eigenvalue weighted by Gasteiger charge is 2.26. The third-order valence-electron chi connectivity index (χ3n) is 3.71. The summed E-state index contributed by atoms with van der Waals surface area (Å²) in [6, 6.07) is 0.624. The van der Waals surface area contributed by atoms with Gasteiger partial charge >= 0.3 is 6.09 Å². The lowest BCUT2D eigenvalue weighted by atomic mass is 9.90. The second kappa shape index (κ2) is 9.33. The minimum atomic E-state index is -0.471. The van der Waals surface area contributed by atoms with Crippen molar-refractivity contribution in [2.45, 2.75) is 76.6 Å². The van der Waals surface area contributed by atoms with E-state index in [4.69, 9.17) is 14.6 Å². The first-order valence-corrected chi connectivity index (χ1v) is 8.19. The van der Waals surface area contributed by atoms with Crippen molar-refractivity contribution in [3.8, 4) is 0 Å². The molecule has 1 fully saturated rings. The van der Waals surface area contributed by atoms with Gasteiger partial charge < -0.3 is 25.2 Å². The summed E-state index contributed by atoms with van der Waals surface area (Å²) in [6.45, 7) is 6.32. The van der Waals surface area contributed by atoms with Crippen LogP contribution in [0.25, 0.3) is 0 Å². The van der Waals surface area contributed by atoms with E-state index in [9.17, 15) is 4.79 Å². The lowest BCUT2D eigenvalue weighted by Gasteiger charge is -2.33. The molecule has 0 aromatic heterocycles. The predicted molar refractivity (Wildman–Crippen MR) is 85.9 cm³/mol. The van der Waals surface area contributed by atoms with Gasteiger partial charge in [-0.25, -0.2) is 4.79 Å². The number of carbonyl (C=O) groups is 1. The molecule has 0 spiro atoms. The highest BCUT2D eigenvalue weighted by Crippen LogP contribution is 2.20. The van der Waals surface area contributed by atoms with Crippen LogP contribution in [0.15, 0.2) is 0 Å². The van der Waals surface area contributed by atoms with Crippen LogP contribution < -0.4 is 10.6 Å². The molecule has 0 radical (unpaired) electrons. The molecule has 0 aliphatic heterocycles. The van der Waals surface area contributed by atoms with Gasteiger partial charge in [-0.2, -0.15) is 0 Å². The van der Waals surface area contributed by atoms with Crippen LogP contribution in [0.3, 0.4) is 0 Å². The number of amides is 1. The molecule has 1 aliphatic rings. The summed E-state index contributed by atoms with van der Waals surface area (Å²) in [5, 5.41) is 15.6. The van der Waals surface area contributed by atoms with Crippen LogP contribution in [-0.2, 0) is 9.47 Å². The van der Waals surface area contributed by atoms with E-state index >= 15 is 0 Å². The van der Waals surface area contributed by atoms with E-state index in [2.05, 4.69) is 10.6 Å². The van der Waals surface area contributed by atoms with Gasteiger partial charge in [-0.1, -0.05) is 0 Å². The molecule has 6 nitrogen and oxygen atoms in total. The van der Waals surface area contributed by atoms with Crippen LogP contribution in [0.5, 0.6) is 0 Å². The maximum atomic E-state index is 11.9. The summed E-state index contributed by atoms with van der Waals surface area (Å²) in [6.07, 6.45) is 4.34. The first-order chi connectivity index (χ1) is 10.3. The largest absolute Gasteiger partial charge is 0.444 e. The van der Waals surface area contributed by atoms with Gasteiger partial charge in [0.1, 0.15) is 5.60 Å². The first-order valence-electron chi connectivity index (χ1n) is 8.19. The zero-order valence-electron chi connectivity index (χ0n) is 14.4. The Hall–Kier alpha value is -0.850. The highest BCUT2D eigenvalue weighted by molar-refractivity contribution is 5.68. The second-order valence-corrected chi connectivity index (χ2v) is 7.04. The monoisotopic (exact) mass is 316 g/mol. The number of alkyl carbamates (subject to hydrolysis) is 1. The molecule has 0 saturated heterocycles. The molecular formula is C16H32N2O4. The molecule has 1 aliphatic carbocycles. The molecule has 0 heterocycles. The topological polar surface area (TPSA) is 79.8 Å². The zero-order chi connectivity index (χ0) is 16.6. The van der Waals surface area contributed by atoms with Crippen molar-refractivity contribution in [3.63, 3.8) is 0 Å². The Labute approximate surface area is 133 Å². The molecule has 130 valence electrons. The molecule has 1 amide bonds. The SMILES string of the molecule is COCC(CCO)NC1CCCC(NC(=O)OC(C)(C)C)C1. The summed E-state index contributed by atoms with van der Waals surface area (Å²) in [5.74, 6) is 0. The van der Waals surface area contributed by atoms with Crippen molar-refractivity contribution >= 4 is 6.09 Å². The Balaban J connectivity index is 2.41. The normalized spacial score (nSPS) is 23.9. The van der Waals surface area contributed by atoms with Gasteiger partial charge in [-0.15, -0.1) is 0 Å². The van der Waals surface area contributed by atoms with Gasteiger partial charge in [-0.05, 0) is 52.9 Å². The molecule has 0 bridgehead atoms. The lowest BCUT2D eigenvalue weighted by Crippen LogP contribution is -2.49.